The third kappa shape index (κ3) is 5.24. The molecule has 0 radical (unpaired) electrons. The van der Waals surface area contributed by atoms with E-state index in [1.807, 2.05) is 48.6 Å². The van der Waals surface area contributed by atoms with Crippen LogP contribution in [0.5, 0.6) is 0 Å². The van der Waals surface area contributed by atoms with E-state index in [1.165, 1.54) is 11.1 Å². The monoisotopic (exact) mass is 302 g/mol. The molecule has 0 aromatic heterocycles. The van der Waals surface area contributed by atoms with Crippen LogP contribution in [0.3, 0.4) is 0 Å². The highest BCUT2D eigenvalue weighted by molar-refractivity contribution is 6.31. The Bertz CT molecular complexity index is 528. The van der Waals surface area contributed by atoms with Gasteiger partial charge < -0.3 is 0 Å². The maximum atomic E-state index is 6.22. The molecule has 0 unspecified atom stereocenters. The van der Waals surface area contributed by atoms with Crippen molar-refractivity contribution in [2.45, 2.75) is 12.8 Å². The summed E-state index contributed by atoms with van der Waals surface area (Å²) >= 11 is 12.4. The molecule has 0 nitrogen and oxygen atoms in total. The Kier molecular flexibility index (Phi) is 5.91. The van der Waals surface area contributed by atoms with E-state index in [4.69, 9.17) is 23.2 Å². The Hall–Kier alpha value is -1.50. The van der Waals surface area contributed by atoms with E-state index >= 15 is 0 Å². The number of allylic oxidation sites excluding steroid dienone is 4. The molecule has 0 heterocycles. The van der Waals surface area contributed by atoms with Gasteiger partial charge in [0, 0.05) is 22.9 Å². The highest BCUT2D eigenvalue weighted by Gasteiger charge is 1.97. The van der Waals surface area contributed by atoms with Crippen molar-refractivity contribution in [3.63, 3.8) is 0 Å². The molecule has 20 heavy (non-hydrogen) atoms. The van der Waals surface area contributed by atoms with Crippen LogP contribution in [0.4, 0.5) is 0 Å². The molecule has 0 spiro atoms. The lowest BCUT2D eigenvalue weighted by Gasteiger charge is -2.00. The maximum Gasteiger partial charge on any atom is 0.0225 e. The zero-order valence-electron chi connectivity index (χ0n) is 11.1. The highest BCUT2D eigenvalue weighted by atomic mass is 35.5. The predicted molar refractivity (Wildman–Crippen MR) is 88.2 cm³/mol. The molecular weight excluding hydrogens is 287 g/mol. The lowest BCUT2D eigenvalue weighted by molar-refractivity contribution is 1.23. The van der Waals surface area contributed by atoms with Crippen molar-refractivity contribution in [2.24, 2.45) is 0 Å². The minimum Gasteiger partial charge on any atom is -0.0888 e. The van der Waals surface area contributed by atoms with E-state index in [9.17, 15) is 0 Å². The van der Waals surface area contributed by atoms with Crippen LogP contribution >= 0.6 is 23.2 Å². The molecule has 0 fully saturated rings. The van der Waals surface area contributed by atoms with Gasteiger partial charge in [-0.25, -0.2) is 0 Å². The summed E-state index contributed by atoms with van der Waals surface area (Å²) in [4.78, 5) is 0. The van der Waals surface area contributed by atoms with Gasteiger partial charge >= 0.3 is 0 Å². The van der Waals surface area contributed by atoms with Crippen molar-refractivity contribution in [3.05, 3.63) is 94.0 Å². The smallest absolute Gasteiger partial charge is 0.0225 e. The summed E-state index contributed by atoms with van der Waals surface area (Å²) in [5.41, 5.74) is 2.39. The van der Waals surface area contributed by atoms with Gasteiger partial charge in [-0.1, -0.05) is 83.9 Å². The molecule has 0 aliphatic carbocycles. The maximum absolute atomic E-state index is 6.22. The molecule has 0 bridgehead atoms. The van der Waals surface area contributed by atoms with Gasteiger partial charge in [-0.15, -0.1) is 0 Å². The van der Waals surface area contributed by atoms with E-state index in [-0.39, 0.29) is 0 Å². The molecule has 2 aromatic rings. The van der Waals surface area contributed by atoms with Gasteiger partial charge in [-0.2, -0.15) is 0 Å². The molecule has 0 amide bonds. The molecule has 2 heteroatoms. The Morgan fingerprint density at radius 2 is 1.00 bits per heavy atom. The standard InChI is InChI=1S/C18H16Cl2/c19-17(13-15-7-3-1-4-8-15)11-12-18(20)14-16-9-5-2-6-10-16/h1-12H,13-14H2/b17-11-,18-12-. The molecule has 0 atom stereocenters. The van der Waals surface area contributed by atoms with Crippen molar-refractivity contribution >= 4 is 23.2 Å². The molecule has 0 saturated carbocycles. The Morgan fingerprint density at radius 3 is 1.35 bits per heavy atom. The first kappa shape index (κ1) is 14.9. The Labute approximate surface area is 130 Å². The van der Waals surface area contributed by atoms with Crippen LogP contribution in [0, 0.1) is 0 Å². The quantitative estimate of drug-likeness (QED) is 0.620. The minimum absolute atomic E-state index is 0.731. The second-order valence-corrected chi connectivity index (χ2v) is 5.52. The van der Waals surface area contributed by atoms with Gasteiger partial charge in [-0.3, -0.25) is 0 Å². The summed E-state index contributed by atoms with van der Waals surface area (Å²) in [6.07, 6.45) is 5.21. The zero-order valence-corrected chi connectivity index (χ0v) is 12.6. The lowest BCUT2D eigenvalue weighted by Crippen LogP contribution is -1.85. The van der Waals surface area contributed by atoms with Crippen molar-refractivity contribution in [1.29, 1.82) is 0 Å². The van der Waals surface area contributed by atoms with Gasteiger partial charge in [0.2, 0.25) is 0 Å². The summed E-state index contributed by atoms with van der Waals surface area (Å²) in [7, 11) is 0. The van der Waals surface area contributed by atoms with Crippen LogP contribution in [0.25, 0.3) is 0 Å². The van der Waals surface area contributed by atoms with Gasteiger partial charge in [0.15, 0.2) is 0 Å². The molecule has 0 aliphatic heterocycles. The van der Waals surface area contributed by atoms with Crippen molar-refractivity contribution in [3.8, 4) is 0 Å². The third-order valence-electron chi connectivity index (χ3n) is 2.88. The Morgan fingerprint density at radius 1 is 0.650 bits per heavy atom. The van der Waals surface area contributed by atoms with Gasteiger partial charge in [0.05, 0.1) is 0 Å². The first-order valence-electron chi connectivity index (χ1n) is 6.52. The molecule has 2 rings (SSSR count). The fourth-order valence-electron chi connectivity index (χ4n) is 1.88. The highest BCUT2D eigenvalue weighted by Crippen LogP contribution is 2.15. The lowest BCUT2D eigenvalue weighted by atomic mass is 10.1. The van der Waals surface area contributed by atoms with E-state index in [1.54, 1.807) is 0 Å². The fraction of sp³-hybridized carbons (Fsp3) is 0.111. The van der Waals surface area contributed by atoms with Gasteiger partial charge in [0.1, 0.15) is 0 Å². The summed E-state index contributed by atoms with van der Waals surface area (Å²) in [5.74, 6) is 0. The van der Waals surface area contributed by atoms with E-state index < -0.39 is 0 Å². The summed E-state index contributed by atoms with van der Waals surface area (Å²) in [6.45, 7) is 0. The van der Waals surface area contributed by atoms with Crippen molar-refractivity contribution in [2.75, 3.05) is 0 Å². The average molecular weight is 303 g/mol. The summed E-state index contributed by atoms with van der Waals surface area (Å²) < 4.78 is 0. The van der Waals surface area contributed by atoms with Crippen LogP contribution in [-0.2, 0) is 12.8 Å². The second kappa shape index (κ2) is 7.94. The number of halogens is 2. The summed E-state index contributed by atoms with van der Waals surface area (Å²) in [6, 6.07) is 20.3. The first-order valence-corrected chi connectivity index (χ1v) is 7.28. The number of rotatable bonds is 5. The zero-order chi connectivity index (χ0) is 14.2. The number of hydrogen-bond acceptors (Lipinski definition) is 0. The SMILES string of the molecule is Cl/C(=C\C=C(/Cl)Cc1ccccc1)Cc1ccccc1. The third-order valence-corrected chi connectivity index (χ3v) is 3.40. The minimum atomic E-state index is 0.731. The molecular formula is C18H16Cl2. The number of hydrogen-bond donors (Lipinski definition) is 0. The summed E-state index contributed by atoms with van der Waals surface area (Å²) in [5, 5.41) is 1.56. The molecule has 0 aliphatic rings. The van der Waals surface area contributed by atoms with Gasteiger partial charge in [0.25, 0.3) is 0 Å². The van der Waals surface area contributed by atoms with Crippen LogP contribution in [-0.4, -0.2) is 0 Å². The largest absolute Gasteiger partial charge is 0.0888 e. The normalized spacial score (nSPS) is 12.5. The van der Waals surface area contributed by atoms with Crippen LogP contribution in [0.15, 0.2) is 82.9 Å². The average Bonchev–Trinajstić information content (AvgIpc) is 2.47. The van der Waals surface area contributed by atoms with Gasteiger partial charge in [-0.05, 0) is 23.3 Å². The van der Waals surface area contributed by atoms with Crippen molar-refractivity contribution < 1.29 is 0 Å². The van der Waals surface area contributed by atoms with E-state index in [0.29, 0.717) is 0 Å². The second-order valence-electron chi connectivity index (χ2n) is 4.55. The fourth-order valence-corrected chi connectivity index (χ4v) is 2.32. The topological polar surface area (TPSA) is 0 Å². The molecule has 0 saturated heterocycles. The Balaban J connectivity index is 1.94. The van der Waals surface area contributed by atoms with E-state index in [2.05, 4.69) is 24.3 Å². The van der Waals surface area contributed by atoms with Crippen molar-refractivity contribution in [1.82, 2.24) is 0 Å². The van der Waals surface area contributed by atoms with Crippen LogP contribution in [0.2, 0.25) is 0 Å². The van der Waals surface area contributed by atoms with E-state index in [0.717, 1.165) is 22.9 Å². The molecule has 102 valence electrons. The first-order chi connectivity index (χ1) is 9.74. The number of benzene rings is 2. The van der Waals surface area contributed by atoms with Crippen LogP contribution in [0.1, 0.15) is 11.1 Å². The van der Waals surface area contributed by atoms with Crippen LogP contribution < -0.4 is 0 Å². The predicted octanol–water partition coefficient (Wildman–Crippen LogP) is 5.72. The molecule has 2 aromatic carbocycles. The molecule has 0 N–H and O–H groups in total.